The Balaban J connectivity index is 2.15. The maximum Gasteiger partial charge on any atom is 0.240 e. The van der Waals surface area contributed by atoms with Gasteiger partial charge in [-0.2, -0.15) is 0 Å². The van der Waals surface area contributed by atoms with Crippen LogP contribution in [0.1, 0.15) is 12.8 Å². The fourth-order valence-corrected chi connectivity index (χ4v) is 2.15. The summed E-state index contributed by atoms with van der Waals surface area (Å²) in [7, 11) is -3.72. The van der Waals surface area contributed by atoms with Crippen LogP contribution in [0.3, 0.4) is 0 Å². The van der Waals surface area contributed by atoms with Gasteiger partial charge in [0.25, 0.3) is 0 Å². The molecule has 5 nitrogen and oxygen atoms in total. The Labute approximate surface area is 94.9 Å². The summed E-state index contributed by atoms with van der Waals surface area (Å²) in [4.78, 5) is -0.0236. The molecule has 1 aromatic rings. The average Bonchev–Trinajstić information content (AvgIpc) is 2.96. The molecule has 88 valence electrons. The fourth-order valence-electron chi connectivity index (χ4n) is 1.50. The van der Waals surface area contributed by atoms with E-state index in [1.165, 1.54) is 18.9 Å². The molecular weight excluding hydrogens is 226 g/mol. The third-order valence-electron chi connectivity index (χ3n) is 2.61. The zero-order valence-corrected chi connectivity index (χ0v) is 9.63. The van der Waals surface area contributed by atoms with Gasteiger partial charge in [-0.15, -0.1) is 0 Å². The van der Waals surface area contributed by atoms with Crippen molar-refractivity contribution in [2.24, 2.45) is 11.1 Å². The van der Waals surface area contributed by atoms with Gasteiger partial charge in [-0.05, 0) is 37.0 Å². The molecule has 1 aliphatic carbocycles. The van der Waals surface area contributed by atoms with E-state index < -0.39 is 10.0 Å². The predicted molar refractivity (Wildman–Crippen MR) is 63.4 cm³/mol. The van der Waals surface area contributed by atoms with Gasteiger partial charge in [-0.1, -0.05) is 0 Å². The van der Waals surface area contributed by atoms with Crippen LogP contribution in [0, 0.1) is 5.92 Å². The summed E-state index contributed by atoms with van der Waals surface area (Å²) in [5.74, 6) is 0.749. The summed E-state index contributed by atoms with van der Waals surface area (Å²) in [6.45, 7) is 0.911. The number of anilines is 2. The number of benzene rings is 1. The minimum Gasteiger partial charge on any atom is -0.398 e. The van der Waals surface area contributed by atoms with E-state index in [2.05, 4.69) is 5.32 Å². The van der Waals surface area contributed by atoms with Gasteiger partial charge in [0.15, 0.2) is 0 Å². The van der Waals surface area contributed by atoms with Crippen LogP contribution in [0.5, 0.6) is 0 Å². The Morgan fingerprint density at radius 2 is 2.06 bits per heavy atom. The van der Waals surface area contributed by atoms with E-state index in [1.807, 2.05) is 0 Å². The normalized spacial score (nSPS) is 16.1. The van der Waals surface area contributed by atoms with E-state index in [1.54, 1.807) is 12.1 Å². The minimum absolute atomic E-state index is 0.0236. The summed E-state index contributed by atoms with van der Waals surface area (Å²) in [5, 5.41) is 8.22. The summed E-state index contributed by atoms with van der Waals surface area (Å²) in [6, 6.07) is 4.71. The fraction of sp³-hybridized carbons (Fsp3) is 0.400. The van der Waals surface area contributed by atoms with Crippen molar-refractivity contribution in [3.05, 3.63) is 18.2 Å². The molecule has 5 N–H and O–H groups in total. The van der Waals surface area contributed by atoms with E-state index >= 15 is 0 Å². The predicted octanol–water partition coefficient (Wildman–Crippen LogP) is 0.738. The zero-order valence-electron chi connectivity index (χ0n) is 8.81. The number of sulfonamides is 1. The highest BCUT2D eigenvalue weighted by atomic mass is 32.2. The van der Waals surface area contributed by atoms with Crippen LogP contribution in [-0.4, -0.2) is 15.0 Å². The molecule has 0 aliphatic heterocycles. The molecule has 2 rings (SSSR count). The highest BCUT2D eigenvalue weighted by Crippen LogP contribution is 2.29. The SMILES string of the molecule is Nc1cc(NCC2CC2)ccc1S(N)(=O)=O. The number of hydrogen-bond donors (Lipinski definition) is 3. The minimum atomic E-state index is -3.72. The summed E-state index contributed by atoms with van der Waals surface area (Å²) < 4.78 is 22.2. The number of primary sulfonamides is 1. The molecule has 6 heteroatoms. The van der Waals surface area contributed by atoms with Gasteiger partial charge in [-0.25, -0.2) is 13.6 Å². The van der Waals surface area contributed by atoms with Gasteiger partial charge < -0.3 is 11.1 Å². The Bertz CT molecular complexity index is 495. The quantitative estimate of drug-likeness (QED) is 0.677. The lowest BCUT2D eigenvalue weighted by Crippen LogP contribution is -2.14. The Morgan fingerprint density at radius 3 is 2.56 bits per heavy atom. The van der Waals surface area contributed by atoms with Gasteiger partial charge >= 0.3 is 0 Å². The van der Waals surface area contributed by atoms with E-state index in [4.69, 9.17) is 10.9 Å². The monoisotopic (exact) mass is 241 g/mol. The maximum absolute atomic E-state index is 11.1. The van der Waals surface area contributed by atoms with Crippen LogP contribution in [0.15, 0.2) is 23.1 Å². The van der Waals surface area contributed by atoms with E-state index in [0.717, 1.165) is 18.2 Å². The standard InChI is InChI=1S/C10H15N3O2S/c11-9-5-8(13-6-7-1-2-7)3-4-10(9)16(12,14)15/h3-5,7,13H,1-2,6,11H2,(H2,12,14,15). The second-order valence-electron chi connectivity index (χ2n) is 4.12. The highest BCUT2D eigenvalue weighted by Gasteiger charge is 2.20. The lowest BCUT2D eigenvalue weighted by molar-refractivity contribution is 0.598. The summed E-state index contributed by atoms with van der Waals surface area (Å²) in [6.07, 6.45) is 2.52. The lowest BCUT2D eigenvalue weighted by atomic mass is 10.2. The third-order valence-corrected chi connectivity index (χ3v) is 3.59. The van der Waals surface area contributed by atoms with Crippen molar-refractivity contribution in [1.29, 1.82) is 0 Å². The molecule has 0 heterocycles. The van der Waals surface area contributed by atoms with Gasteiger partial charge in [-0.3, -0.25) is 0 Å². The number of nitrogens with one attached hydrogen (secondary N) is 1. The Morgan fingerprint density at radius 1 is 1.38 bits per heavy atom. The lowest BCUT2D eigenvalue weighted by Gasteiger charge is -2.08. The van der Waals surface area contributed by atoms with Gasteiger partial charge in [0.2, 0.25) is 10.0 Å². The van der Waals surface area contributed by atoms with Crippen LogP contribution in [-0.2, 0) is 10.0 Å². The molecule has 0 radical (unpaired) electrons. The molecule has 0 saturated heterocycles. The van der Waals surface area contributed by atoms with Crippen LogP contribution < -0.4 is 16.2 Å². The van der Waals surface area contributed by atoms with E-state index in [9.17, 15) is 8.42 Å². The molecule has 1 aromatic carbocycles. The Kier molecular flexibility index (Phi) is 2.77. The van der Waals surface area contributed by atoms with Crippen LogP contribution in [0.2, 0.25) is 0 Å². The molecular formula is C10H15N3O2S. The van der Waals surface area contributed by atoms with Crippen molar-refractivity contribution >= 4 is 21.4 Å². The largest absolute Gasteiger partial charge is 0.398 e. The van der Waals surface area contributed by atoms with E-state index in [-0.39, 0.29) is 10.6 Å². The molecule has 0 unspecified atom stereocenters. The molecule has 0 atom stereocenters. The third kappa shape index (κ3) is 2.65. The number of nitrogens with two attached hydrogens (primary N) is 2. The molecule has 0 bridgehead atoms. The molecule has 0 spiro atoms. The molecule has 1 fully saturated rings. The smallest absolute Gasteiger partial charge is 0.240 e. The molecule has 16 heavy (non-hydrogen) atoms. The highest BCUT2D eigenvalue weighted by molar-refractivity contribution is 7.89. The molecule has 0 aromatic heterocycles. The van der Waals surface area contributed by atoms with Crippen LogP contribution >= 0.6 is 0 Å². The number of rotatable bonds is 4. The van der Waals surface area contributed by atoms with Crippen molar-refractivity contribution in [3.8, 4) is 0 Å². The first-order valence-electron chi connectivity index (χ1n) is 5.13. The topological polar surface area (TPSA) is 98.2 Å². The molecule has 1 aliphatic rings. The van der Waals surface area contributed by atoms with Gasteiger partial charge in [0, 0.05) is 12.2 Å². The van der Waals surface area contributed by atoms with Crippen molar-refractivity contribution in [2.45, 2.75) is 17.7 Å². The van der Waals surface area contributed by atoms with Gasteiger partial charge in [0.05, 0.1) is 5.69 Å². The van der Waals surface area contributed by atoms with Crippen molar-refractivity contribution in [1.82, 2.24) is 0 Å². The number of nitrogen functional groups attached to an aromatic ring is 1. The van der Waals surface area contributed by atoms with Crippen LogP contribution in [0.4, 0.5) is 11.4 Å². The van der Waals surface area contributed by atoms with Gasteiger partial charge in [0.1, 0.15) is 4.90 Å². The molecule has 0 amide bonds. The molecule has 1 saturated carbocycles. The van der Waals surface area contributed by atoms with Crippen LogP contribution in [0.25, 0.3) is 0 Å². The second-order valence-corrected chi connectivity index (χ2v) is 5.65. The van der Waals surface area contributed by atoms with Crippen molar-refractivity contribution in [2.75, 3.05) is 17.6 Å². The van der Waals surface area contributed by atoms with E-state index in [0.29, 0.717) is 0 Å². The summed E-state index contributed by atoms with van der Waals surface area (Å²) >= 11 is 0. The van der Waals surface area contributed by atoms with Crippen molar-refractivity contribution in [3.63, 3.8) is 0 Å². The first-order valence-corrected chi connectivity index (χ1v) is 6.67. The Hall–Kier alpha value is -1.27. The van der Waals surface area contributed by atoms with Crippen molar-refractivity contribution < 1.29 is 8.42 Å². The number of hydrogen-bond acceptors (Lipinski definition) is 4. The average molecular weight is 241 g/mol. The second kappa shape index (κ2) is 3.95. The first kappa shape index (κ1) is 11.2. The maximum atomic E-state index is 11.1. The first-order chi connectivity index (χ1) is 7.47. The summed E-state index contributed by atoms with van der Waals surface area (Å²) in [5.41, 5.74) is 6.64. The zero-order chi connectivity index (χ0) is 11.8.